The lowest BCUT2D eigenvalue weighted by atomic mass is 10.0. The Morgan fingerprint density at radius 3 is 2.62 bits per heavy atom. The highest BCUT2D eigenvalue weighted by Crippen LogP contribution is 2.35. The number of nitrogens with one attached hydrogen (secondary N) is 1. The highest BCUT2D eigenvalue weighted by atomic mass is 19.4. The number of nitrogens with zero attached hydrogens (tertiary/aromatic N) is 2. The summed E-state index contributed by atoms with van der Waals surface area (Å²) in [6.07, 6.45) is -2.47. The maximum atomic E-state index is 13.4. The summed E-state index contributed by atoms with van der Waals surface area (Å²) in [5, 5.41) is 2.97. The molecule has 4 nitrogen and oxygen atoms in total. The van der Waals surface area contributed by atoms with Gasteiger partial charge < -0.3 is 5.32 Å². The largest absolute Gasteiger partial charge is 0.418 e. The van der Waals surface area contributed by atoms with Crippen LogP contribution in [0.25, 0.3) is 10.9 Å². The topological polar surface area (TPSA) is 54.9 Å². The van der Waals surface area contributed by atoms with E-state index in [4.69, 9.17) is 0 Å². The van der Waals surface area contributed by atoms with Crippen molar-refractivity contribution in [2.75, 3.05) is 0 Å². The number of benzene rings is 1. The van der Waals surface area contributed by atoms with Gasteiger partial charge in [0.25, 0.3) is 5.91 Å². The molecule has 0 atom stereocenters. The third-order valence-electron chi connectivity index (χ3n) is 3.95. The summed E-state index contributed by atoms with van der Waals surface area (Å²) in [6, 6.07) is 10.9. The van der Waals surface area contributed by atoms with Gasteiger partial charge in [-0.1, -0.05) is 19.1 Å². The van der Waals surface area contributed by atoms with E-state index < -0.39 is 17.6 Å². The molecular weight excluding hydrogens is 343 g/mol. The zero-order chi connectivity index (χ0) is 18.7. The second-order valence-corrected chi connectivity index (χ2v) is 5.77. The monoisotopic (exact) mass is 359 g/mol. The van der Waals surface area contributed by atoms with Gasteiger partial charge in [-0.3, -0.25) is 9.78 Å². The van der Waals surface area contributed by atoms with Gasteiger partial charge in [0, 0.05) is 11.6 Å². The Kier molecular flexibility index (Phi) is 4.88. The van der Waals surface area contributed by atoms with Gasteiger partial charge in [0.05, 0.1) is 23.3 Å². The van der Waals surface area contributed by atoms with Crippen molar-refractivity contribution in [2.24, 2.45) is 0 Å². The maximum absolute atomic E-state index is 13.4. The first-order valence-electron chi connectivity index (χ1n) is 8.07. The molecule has 2 aromatic heterocycles. The Balaban J connectivity index is 1.94. The number of halogens is 3. The Hall–Kier alpha value is -2.96. The summed E-state index contributed by atoms with van der Waals surface area (Å²) >= 11 is 0. The van der Waals surface area contributed by atoms with E-state index in [0.717, 1.165) is 6.07 Å². The fraction of sp³-hybridized carbons (Fsp3) is 0.211. The molecule has 0 saturated carbocycles. The first-order chi connectivity index (χ1) is 12.4. The second kappa shape index (κ2) is 7.11. The predicted molar refractivity (Wildman–Crippen MR) is 91.5 cm³/mol. The highest BCUT2D eigenvalue weighted by molar-refractivity contribution is 5.95. The zero-order valence-electron chi connectivity index (χ0n) is 14.0. The number of alkyl halides is 3. The molecule has 0 spiro atoms. The number of amides is 1. The fourth-order valence-corrected chi connectivity index (χ4v) is 2.61. The molecule has 7 heteroatoms. The van der Waals surface area contributed by atoms with Crippen molar-refractivity contribution in [3.8, 4) is 0 Å². The lowest BCUT2D eigenvalue weighted by Gasteiger charge is -2.13. The molecule has 0 aliphatic rings. The molecule has 1 amide bonds. The lowest BCUT2D eigenvalue weighted by Crippen LogP contribution is -2.24. The number of aromatic nitrogens is 2. The number of rotatable bonds is 4. The minimum Gasteiger partial charge on any atom is -0.345 e. The van der Waals surface area contributed by atoms with Gasteiger partial charge in [-0.2, -0.15) is 13.2 Å². The molecule has 134 valence electrons. The van der Waals surface area contributed by atoms with Gasteiger partial charge in [0.1, 0.15) is 5.69 Å². The third-order valence-corrected chi connectivity index (χ3v) is 3.95. The van der Waals surface area contributed by atoms with E-state index in [1.807, 2.05) is 0 Å². The zero-order valence-corrected chi connectivity index (χ0v) is 14.0. The van der Waals surface area contributed by atoms with Gasteiger partial charge in [-0.15, -0.1) is 0 Å². The molecule has 0 aliphatic carbocycles. The molecule has 1 N–H and O–H groups in total. The van der Waals surface area contributed by atoms with Crippen LogP contribution < -0.4 is 5.32 Å². The van der Waals surface area contributed by atoms with Crippen LogP contribution in [-0.4, -0.2) is 15.9 Å². The third kappa shape index (κ3) is 3.82. The molecule has 0 unspecified atom stereocenters. The number of fused-ring (bicyclic) bond motifs is 1. The standard InChI is InChI=1S/C19H16F3N3O/c1-2-12-9-13-6-7-16(25-17(13)15(10-12)19(20,21)22)18(26)24-11-14-5-3-4-8-23-14/h3-10H,2,11H2,1H3,(H,24,26). The average Bonchev–Trinajstić information content (AvgIpc) is 2.64. The Morgan fingerprint density at radius 2 is 1.96 bits per heavy atom. The van der Waals surface area contributed by atoms with Crippen LogP contribution in [0.2, 0.25) is 0 Å². The van der Waals surface area contributed by atoms with Crippen LogP contribution >= 0.6 is 0 Å². The predicted octanol–water partition coefficient (Wildman–Crippen LogP) is 4.14. The number of pyridine rings is 2. The minimum absolute atomic E-state index is 0.0665. The Labute approximate surface area is 148 Å². The van der Waals surface area contributed by atoms with E-state index >= 15 is 0 Å². The van der Waals surface area contributed by atoms with E-state index in [-0.39, 0.29) is 17.8 Å². The molecule has 0 fully saturated rings. The quantitative estimate of drug-likeness (QED) is 0.762. The number of carbonyl (C=O) groups is 1. The molecule has 0 bridgehead atoms. The first-order valence-corrected chi connectivity index (χ1v) is 8.07. The van der Waals surface area contributed by atoms with E-state index in [1.165, 1.54) is 12.1 Å². The molecule has 0 saturated heterocycles. The lowest BCUT2D eigenvalue weighted by molar-refractivity contribution is -0.136. The van der Waals surface area contributed by atoms with Crippen molar-refractivity contribution >= 4 is 16.8 Å². The number of aryl methyl sites for hydroxylation is 1. The van der Waals surface area contributed by atoms with Gasteiger partial charge in [0.2, 0.25) is 0 Å². The molecule has 1 aromatic carbocycles. The molecule has 0 radical (unpaired) electrons. The minimum atomic E-state index is -4.54. The molecule has 3 rings (SSSR count). The van der Waals surface area contributed by atoms with Crippen LogP contribution in [-0.2, 0) is 19.1 Å². The Morgan fingerprint density at radius 1 is 1.15 bits per heavy atom. The van der Waals surface area contributed by atoms with Crippen molar-refractivity contribution in [3.63, 3.8) is 0 Å². The molecule has 3 aromatic rings. The van der Waals surface area contributed by atoms with Crippen LogP contribution in [0.15, 0.2) is 48.7 Å². The summed E-state index contributed by atoms with van der Waals surface area (Å²) < 4.78 is 40.2. The summed E-state index contributed by atoms with van der Waals surface area (Å²) in [4.78, 5) is 20.3. The number of hydrogen-bond donors (Lipinski definition) is 1. The van der Waals surface area contributed by atoms with Crippen molar-refractivity contribution in [3.05, 3.63) is 71.2 Å². The van der Waals surface area contributed by atoms with Crippen LogP contribution in [0.1, 0.15) is 34.2 Å². The van der Waals surface area contributed by atoms with Gasteiger partial charge in [0.15, 0.2) is 0 Å². The number of carbonyl (C=O) groups excluding carboxylic acids is 1. The summed E-state index contributed by atoms with van der Waals surface area (Å²) in [7, 11) is 0. The normalized spacial score (nSPS) is 11.5. The van der Waals surface area contributed by atoms with Crippen molar-refractivity contribution in [2.45, 2.75) is 26.1 Å². The SMILES string of the molecule is CCc1cc(C(F)(F)F)c2nc(C(=O)NCc3ccccn3)ccc2c1. The molecule has 26 heavy (non-hydrogen) atoms. The van der Waals surface area contributed by atoms with E-state index in [2.05, 4.69) is 15.3 Å². The molecule has 2 heterocycles. The molecule has 0 aliphatic heterocycles. The van der Waals surface area contributed by atoms with Gasteiger partial charge in [-0.25, -0.2) is 4.98 Å². The highest BCUT2D eigenvalue weighted by Gasteiger charge is 2.34. The smallest absolute Gasteiger partial charge is 0.345 e. The van der Waals surface area contributed by atoms with Crippen LogP contribution in [0, 0.1) is 0 Å². The van der Waals surface area contributed by atoms with Crippen molar-refractivity contribution < 1.29 is 18.0 Å². The Bertz CT molecular complexity index is 940. The molecular formula is C19H16F3N3O. The van der Waals surface area contributed by atoms with E-state index in [1.54, 1.807) is 37.4 Å². The van der Waals surface area contributed by atoms with Crippen LogP contribution in [0.5, 0.6) is 0 Å². The second-order valence-electron chi connectivity index (χ2n) is 5.77. The van der Waals surface area contributed by atoms with Crippen molar-refractivity contribution in [1.29, 1.82) is 0 Å². The average molecular weight is 359 g/mol. The fourth-order valence-electron chi connectivity index (χ4n) is 2.61. The van der Waals surface area contributed by atoms with Crippen molar-refractivity contribution in [1.82, 2.24) is 15.3 Å². The van der Waals surface area contributed by atoms with E-state index in [0.29, 0.717) is 23.1 Å². The number of hydrogen-bond acceptors (Lipinski definition) is 3. The summed E-state index contributed by atoms with van der Waals surface area (Å²) in [5.41, 5.74) is 0.0961. The first kappa shape index (κ1) is 17.8. The van der Waals surface area contributed by atoms with Crippen LogP contribution in [0.4, 0.5) is 13.2 Å². The van der Waals surface area contributed by atoms with Gasteiger partial charge in [-0.05, 0) is 42.3 Å². The summed E-state index contributed by atoms with van der Waals surface area (Å²) in [6.45, 7) is 1.95. The maximum Gasteiger partial charge on any atom is 0.418 e. The summed E-state index contributed by atoms with van der Waals surface area (Å²) in [5.74, 6) is -0.551. The van der Waals surface area contributed by atoms with E-state index in [9.17, 15) is 18.0 Å². The van der Waals surface area contributed by atoms with Crippen LogP contribution in [0.3, 0.4) is 0 Å². The van der Waals surface area contributed by atoms with Gasteiger partial charge >= 0.3 is 6.18 Å².